The van der Waals surface area contributed by atoms with Gasteiger partial charge in [0.15, 0.2) is 0 Å². The van der Waals surface area contributed by atoms with E-state index < -0.39 is 0 Å². The summed E-state index contributed by atoms with van der Waals surface area (Å²) in [4.78, 5) is 78.5. The normalized spacial score (nSPS) is 11.9. The van der Waals surface area contributed by atoms with Crippen molar-refractivity contribution in [1.29, 1.82) is 0 Å². The van der Waals surface area contributed by atoms with Crippen molar-refractivity contribution in [3.05, 3.63) is 194 Å². The fourth-order valence-electron chi connectivity index (χ4n) is 10.9. The first kappa shape index (κ1) is 96.3. The molecule has 0 radical (unpaired) electrons. The molecule has 0 aliphatic carbocycles. The van der Waals surface area contributed by atoms with Gasteiger partial charge in [0.2, 0.25) is 0 Å². The SMILES string of the molecule is CC(C)(C)C.CC(C)(C)C.CC(C)(C)C.CC(C)(C)C.CC(C)(C)C.CC(C)(C)C.CC(C)(C)C.CC(C)(C)C.[Ce+4].c1ccc2c(c1)-c1nc-2nc2[n-]c(nc3nc(nc4[n-]c(n1)c1ccccc41)-c1ccccc1-3)c1ccccc21.c1ccc2c(c1)-c1nc-2nc2[n-]c(nc3nc(nc4[n-]c(n1)c1ccccc41)-c1ccccc1-3)c1ccccc21. The van der Waals surface area contributed by atoms with Crippen molar-refractivity contribution in [2.75, 3.05) is 0 Å². The predicted molar refractivity (Wildman–Crippen MR) is 509 cm³/mol. The quantitative estimate of drug-likeness (QED) is 0.138. The van der Waals surface area contributed by atoms with E-state index >= 15 is 0 Å². The van der Waals surface area contributed by atoms with E-state index in [-0.39, 0.29) is 41.7 Å². The van der Waals surface area contributed by atoms with Gasteiger partial charge in [-0.1, -0.05) is 416 Å². The molecule has 4 aliphatic rings. The summed E-state index contributed by atoms with van der Waals surface area (Å²) in [6.45, 7) is 70.0. The Bertz CT molecular complexity index is 5090. The second kappa shape index (κ2) is 39.4. The first-order valence-corrected chi connectivity index (χ1v) is 41.8. The van der Waals surface area contributed by atoms with Crippen molar-refractivity contribution < 1.29 is 41.7 Å². The average Bonchev–Trinajstić information content (AvgIpc) is 1.60. The van der Waals surface area contributed by atoms with E-state index in [2.05, 4.69) is 222 Å². The van der Waals surface area contributed by atoms with E-state index in [1.54, 1.807) is 0 Å². The Hall–Kier alpha value is -10.1. The van der Waals surface area contributed by atoms with Crippen LogP contribution in [0.2, 0.25) is 0 Å². The molecule has 16 bridgehead atoms. The van der Waals surface area contributed by atoms with Crippen LogP contribution in [0.15, 0.2) is 194 Å². The molecule has 8 aromatic carbocycles. The molecule has 628 valence electrons. The van der Waals surface area contributed by atoms with Crippen LogP contribution >= 0.6 is 0 Å². The average molecular weight is 1740 g/mol. The molecule has 0 amide bonds. The fraction of sp³-hybridized carbons (Fsp3) is 0.385. The third-order valence-corrected chi connectivity index (χ3v) is 14.7. The van der Waals surface area contributed by atoms with Gasteiger partial charge in [0.25, 0.3) is 0 Å². The Morgan fingerprint density at radius 3 is 0.314 bits per heavy atom. The van der Waals surface area contributed by atoms with Gasteiger partial charge in [0.1, 0.15) is 0 Å². The summed E-state index contributed by atoms with van der Waals surface area (Å²) in [6.07, 6.45) is 0. The molecule has 0 spiro atoms. The number of fused-ring (bicyclic) bond motifs is 40. The minimum absolute atomic E-state index is 0. The third-order valence-electron chi connectivity index (χ3n) is 14.7. The molecule has 0 unspecified atom stereocenters. The van der Waals surface area contributed by atoms with E-state index in [1.807, 2.05) is 194 Å². The van der Waals surface area contributed by atoms with E-state index in [9.17, 15) is 0 Å². The van der Waals surface area contributed by atoms with Gasteiger partial charge in [0.05, 0.1) is 46.6 Å². The molecule has 0 atom stereocenters. The molecule has 0 N–H and O–H groups in total. The summed E-state index contributed by atoms with van der Waals surface area (Å²) in [5.41, 5.74) is 15.6. The van der Waals surface area contributed by atoms with Crippen molar-refractivity contribution in [3.8, 4) is 91.1 Å². The molecule has 0 saturated carbocycles. The van der Waals surface area contributed by atoms with Gasteiger partial charge in [-0.2, -0.15) is 0 Å². The maximum Gasteiger partial charge on any atom is 4.00 e. The van der Waals surface area contributed by atoms with Crippen LogP contribution in [0.4, 0.5) is 0 Å². The van der Waals surface area contributed by atoms with Crippen LogP contribution < -0.4 is 19.9 Å². The van der Waals surface area contributed by atoms with Gasteiger partial charge >= 0.3 is 41.7 Å². The minimum atomic E-state index is 0. The van der Waals surface area contributed by atoms with Crippen molar-refractivity contribution in [2.24, 2.45) is 43.3 Å². The van der Waals surface area contributed by atoms with Crippen molar-refractivity contribution >= 4 is 88.3 Å². The van der Waals surface area contributed by atoms with E-state index in [0.29, 0.717) is 135 Å². The number of aromatic nitrogens is 16. The number of hydrogen-bond acceptors (Lipinski definition) is 12. The van der Waals surface area contributed by atoms with Crippen LogP contribution in [-0.2, 0) is 0 Å². The molecule has 18 rings (SSSR count). The molecule has 121 heavy (non-hydrogen) atoms. The molecule has 0 fully saturated rings. The molecular weight excluding hydrogens is 1610 g/mol. The van der Waals surface area contributed by atoms with Gasteiger partial charge in [0, 0.05) is 89.7 Å². The van der Waals surface area contributed by atoms with Crippen LogP contribution in [0.5, 0.6) is 0 Å². The number of benzene rings is 8. The smallest absolute Gasteiger partial charge is 0.357 e. The fourth-order valence-corrected chi connectivity index (χ4v) is 10.9. The van der Waals surface area contributed by atoms with Gasteiger partial charge in [-0.3, -0.25) is 0 Å². The number of hydrogen-bond donors (Lipinski definition) is 0. The molecule has 16 nitrogen and oxygen atoms in total. The topological polar surface area (TPSA) is 211 Å². The second-order valence-corrected chi connectivity index (χ2v) is 43.3. The Morgan fingerprint density at radius 2 is 0.223 bits per heavy atom. The minimum Gasteiger partial charge on any atom is -0.357 e. The van der Waals surface area contributed by atoms with Crippen molar-refractivity contribution in [2.45, 2.75) is 222 Å². The maximum atomic E-state index is 4.95. The van der Waals surface area contributed by atoms with Crippen molar-refractivity contribution in [3.63, 3.8) is 0 Å². The molecule has 17 heteroatoms. The van der Waals surface area contributed by atoms with Crippen LogP contribution in [-0.4, -0.2) is 59.8 Å². The summed E-state index contributed by atoms with van der Waals surface area (Å²) in [7, 11) is 0. The third kappa shape index (κ3) is 30.2. The molecule has 10 heterocycles. The van der Waals surface area contributed by atoms with Gasteiger partial charge in [-0.15, -0.1) is 0 Å². The van der Waals surface area contributed by atoms with E-state index in [4.69, 9.17) is 79.7 Å². The largest absolute Gasteiger partial charge is 4.00 e. The summed E-state index contributed by atoms with van der Waals surface area (Å²) < 4.78 is 0. The van der Waals surface area contributed by atoms with Crippen molar-refractivity contribution in [1.82, 2.24) is 79.7 Å². The second-order valence-electron chi connectivity index (χ2n) is 43.3. The van der Waals surface area contributed by atoms with E-state index in [1.165, 1.54) is 0 Å². The summed E-state index contributed by atoms with van der Waals surface area (Å²) in [5, 5.41) is 7.15. The van der Waals surface area contributed by atoms with E-state index in [0.717, 1.165) is 87.6 Å². The van der Waals surface area contributed by atoms with Gasteiger partial charge in [-0.05, 0) is 86.4 Å². The maximum absolute atomic E-state index is 4.95. The molecule has 6 aromatic heterocycles. The Morgan fingerprint density at radius 1 is 0.140 bits per heavy atom. The molecule has 4 aliphatic heterocycles. The molecular formula is C104H128CeN16. The van der Waals surface area contributed by atoms with Crippen LogP contribution in [0.1, 0.15) is 222 Å². The van der Waals surface area contributed by atoms with Crippen LogP contribution in [0.25, 0.3) is 179 Å². The van der Waals surface area contributed by atoms with Crippen LogP contribution in [0.3, 0.4) is 0 Å². The number of nitrogens with zero attached hydrogens (tertiary/aromatic N) is 16. The zero-order valence-electron chi connectivity index (χ0n) is 78.1. The molecule has 14 aromatic rings. The predicted octanol–water partition coefficient (Wildman–Crippen LogP) is 28.7. The van der Waals surface area contributed by atoms with Gasteiger partial charge < -0.3 is 59.8 Å². The zero-order valence-corrected chi connectivity index (χ0v) is 81.3. The first-order chi connectivity index (χ1) is 55.6. The monoisotopic (exact) mass is 1740 g/mol. The Labute approximate surface area is 753 Å². The zero-order chi connectivity index (χ0) is 88.4. The summed E-state index contributed by atoms with van der Waals surface area (Å²) in [6, 6.07) is 63.7. The first-order valence-electron chi connectivity index (χ1n) is 41.8. The Balaban J connectivity index is 0.000000208. The molecule has 0 saturated heterocycles. The number of rotatable bonds is 0. The summed E-state index contributed by atoms with van der Waals surface area (Å²) >= 11 is 0. The Kier molecular flexibility index (Phi) is 31.3. The van der Waals surface area contributed by atoms with Crippen LogP contribution in [0, 0.1) is 85.1 Å². The summed E-state index contributed by atoms with van der Waals surface area (Å²) in [5.74, 6) is 4.42. The standard InChI is InChI=1S/2C32H16N8.8C5H12.Ce/c2*1-2-10-18-17(9-1)25-33-26(18)38-28-21-13-5-6-14-22(21)30(35-28)40-32-24-16-8-7-15-23(24)31(36-32)39-29-20-12-4-3-11-19(20)27(34-29)37-25;8*1-5(2,3)4;/h2*1-16H;8*1-4H3;/q2*-2;;;;;;;;;+4. The van der Waals surface area contributed by atoms with Gasteiger partial charge in [-0.25, -0.2) is 19.9 Å².